The van der Waals surface area contributed by atoms with E-state index >= 15 is 0 Å². The molecular formula is C15H27N3O2. The molecule has 0 spiro atoms. The first-order valence-electron chi connectivity index (χ1n) is 7.24. The van der Waals surface area contributed by atoms with Crippen molar-refractivity contribution in [3.63, 3.8) is 0 Å². The lowest BCUT2D eigenvalue weighted by Crippen LogP contribution is -2.25. The first-order chi connectivity index (χ1) is 9.49. The van der Waals surface area contributed by atoms with Crippen molar-refractivity contribution in [3.8, 4) is 5.88 Å². The molecule has 1 heterocycles. The lowest BCUT2D eigenvalue weighted by atomic mass is 10.0. The molecule has 0 aliphatic rings. The zero-order chi connectivity index (χ0) is 15.2. The molecule has 5 heteroatoms. The molecule has 0 aliphatic carbocycles. The number of hydrogen-bond donors (Lipinski definition) is 1. The second-order valence-electron chi connectivity index (χ2n) is 5.38. The van der Waals surface area contributed by atoms with Gasteiger partial charge in [0.25, 0.3) is 0 Å². The molecule has 5 nitrogen and oxygen atoms in total. The number of nitrogens with two attached hydrogens (primary N) is 1. The van der Waals surface area contributed by atoms with Crippen LogP contribution in [0.4, 0.5) is 0 Å². The van der Waals surface area contributed by atoms with Crippen molar-refractivity contribution in [3.05, 3.63) is 16.8 Å². The first-order valence-corrected chi connectivity index (χ1v) is 7.24. The molecule has 0 aromatic carbocycles. The number of aryl methyl sites for hydroxylation is 1. The summed E-state index contributed by atoms with van der Waals surface area (Å²) in [5, 5.41) is 8.43. The fraction of sp³-hybridized carbons (Fsp3) is 0.733. The maximum Gasteiger partial charge on any atom is 0.238 e. The molecule has 0 amide bonds. The lowest BCUT2D eigenvalue weighted by Gasteiger charge is -2.23. The van der Waals surface area contributed by atoms with E-state index in [-0.39, 0.29) is 5.60 Å². The number of aromatic nitrogens is 2. The van der Waals surface area contributed by atoms with Gasteiger partial charge in [0.15, 0.2) is 0 Å². The van der Waals surface area contributed by atoms with Crippen molar-refractivity contribution >= 4 is 0 Å². The lowest BCUT2D eigenvalue weighted by molar-refractivity contribution is 0.00490. The van der Waals surface area contributed by atoms with Crippen LogP contribution in [0.3, 0.4) is 0 Å². The molecule has 2 N–H and O–H groups in total. The van der Waals surface area contributed by atoms with Gasteiger partial charge < -0.3 is 15.2 Å². The molecule has 114 valence electrons. The van der Waals surface area contributed by atoms with Gasteiger partial charge in [-0.1, -0.05) is 13.8 Å². The Labute approximate surface area is 121 Å². The van der Waals surface area contributed by atoms with Gasteiger partial charge in [0.2, 0.25) is 5.88 Å². The predicted molar refractivity (Wildman–Crippen MR) is 79.9 cm³/mol. The molecular weight excluding hydrogens is 254 g/mol. The van der Waals surface area contributed by atoms with Gasteiger partial charge in [-0.15, -0.1) is 5.10 Å². The molecule has 0 saturated heterocycles. The third-order valence-electron chi connectivity index (χ3n) is 3.62. The number of nitrogens with zero attached hydrogens (tertiary/aromatic N) is 2. The van der Waals surface area contributed by atoms with Gasteiger partial charge in [0.1, 0.15) is 0 Å². The van der Waals surface area contributed by atoms with Crippen LogP contribution in [-0.4, -0.2) is 29.5 Å². The minimum Gasteiger partial charge on any atom is -0.476 e. The molecule has 1 aromatic rings. The minimum absolute atomic E-state index is 0.201. The van der Waals surface area contributed by atoms with E-state index in [0.29, 0.717) is 19.0 Å². The SMILES string of the molecule is CCc1nnc(OCCC(C)(C)OC)c(CN)c1CC. The highest BCUT2D eigenvalue weighted by molar-refractivity contribution is 5.36. The van der Waals surface area contributed by atoms with E-state index in [0.717, 1.165) is 30.5 Å². The normalized spacial score (nSPS) is 11.7. The van der Waals surface area contributed by atoms with Gasteiger partial charge in [-0.2, -0.15) is 5.10 Å². The predicted octanol–water partition coefficient (Wildman–Crippen LogP) is 2.25. The Morgan fingerprint density at radius 3 is 2.30 bits per heavy atom. The zero-order valence-electron chi connectivity index (χ0n) is 13.3. The summed E-state index contributed by atoms with van der Waals surface area (Å²) >= 11 is 0. The standard InChI is InChI=1S/C15H27N3O2/c1-6-11-12(10-16)14(18-17-13(11)7-2)20-9-8-15(3,4)19-5/h6-10,16H2,1-5H3. The van der Waals surface area contributed by atoms with Crippen LogP contribution in [-0.2, 0) is 24.1 Å². The van der Waals surface area contributed by atoms with Crippen molar-refractivity contribution in [2.75, 3.05) is 13.7 Å². The molecule has 1 rings (SSSR count). The van der Waals surface area contributed by atoms with Crippen molar-refractivity contribution in [1.29, 1.82) is 0 Å². The smallest absolute Gasteiger partial charge is 0.238 e. The molecule has 0 atom stereocenters. The van der Waals surface area contributed by atoms with E-state index in [2.05, 4.69) is 24.0 Å². The maximum atomic E-state index is 5.86. The Bertz CT molecular complexity index is 433. The molecule has 0 aliphatic heterocycles. The molecule has 1 aromatic heterocycles. The van der Waals surface area contributed by atoms with E-state index in [1.54, 1.807) is 7.11 Å². The van der Waals surface area contributed by atoms with E-state index < -0.39 is 0 Å². The first kappa shape index (κ1) is 16.9. The average Bonchev–Trinajstić information content (AvgIpc) is 2.46. The monoisotopic (exact) mass is 281 g/mol. The molecule has 0 fully saturated rings. The summed E-state index contributed by atoms with van der Waals surface area (Å²) in [7, 11) is 1.70. The van der Waals surface area contributed by atoms with Crippen LogP contribution in [0, 0.1) is 0 Å². The summed E-state index contributed by atoms with van der Waals surface area (Å²) in [6.45, 7) is 9.21. The van der Waals surface area contributed by atoms with E-state index in [9.17, 15) is 0 Å². The van der Waals surface area contributed by atoms with Gasteiger partial charge in [-0.05, 0) is 32.3 Å². The highest BCUT2D eigenvalue weighted by Crippen LogP contribution is 2.23. The van der Waals surface area contributed by atoms with Crippen molar-refractivity contribution in [1.82, 2.24) is 10.2 Å². The fourth-order valence-electron chi connectivity index (χ4n) is 2.05. The topological polar surface area (TPSA) is 70.3 Å². The molecule has 0 saturated carbocycles. The number of ether oxygens (including phenoxy) is 2. The number of hydrogen-bond acceptors (Lipinski definition) is 5. The molecule has 0 bridgehead atoms. The Morgan fingerprint density at radius 2 is 1.80 bits per heavy atom. The minimum atomic E-state index is -0.201. The zero-order valence-corrected chi connectivity index (χ0v) is 13.3. The van der Waals surface area contributed by atoms with Gasteiger partial charge in [-0.3, -0.25) is 0 Å². The second kappa shape index (κ2) is 7.55. The summed E-state index contributed by atoms with van der Waals surface area (Å²) in [5.74, 6) is 0.563. The van der Waals surface area contributed by atoms with Gasteiger partial charge in [0.05, 0.1) is 17.9 Å². The Hall–Kier alpha value is -1.20. The van der Waals surface area contributed by atoms with Crippen LogP contribution in [0.25, 0.3) is 0 Å². The third-order valence-corrected chi connectivity index (χ3v) is 3.62. The van der Waals surface area contributed by atoms with Gasteiger partial charge >= 0.3 is 0 Å². The summed E-state index contributed by atoms with van der Waals surface area (Å²) < 4.78 is 11.1. The third kappa shape index (κ3) is 4.15. The average molecular weight is 281 g/mol. The van der Waals surface area contributed by atoms with Crippen LogP contribution >= 0.6 is 0 Å². The number of methoxy groups -OCH3 is 1. The highest BCUT2D eigenvalue weighted by atomic mass is 16.5. The quantitative estimate of drug-likeness (QED) is 0.791. The van der Waals surface area contributed by atoms with E-state index in [1.807, 2.05) is 13.8 Å². The molecule has 20 heavy (non-hydrogen) atoms. The summed E-state index contributed by atoms with van der Waals surface area (Å²) in [4.78, 5) is 0. The molecule has 0 radical (unpaired) electrons. The summed E-state index contributed by atoms with van der Waals surface area (Å²) in [5.41, 5.74) is 8.83. The van der Waals surface area contributed by atoms with E-state index in [1.165, 1.54) is 5.56 Å². The van der Waals surface area contributed by atoms with Crippen LogP contribution < -0.4 is 10.5 Å². The second-order valence-corrected chi connectivity index (χ2v) is 5.38. The van der Waals surface area contributed by atoms with Crippen LogP contribution in [0.1, 0.15) is 50.9 Å². The highest BCUT2D eigenvalue weighted by Gasteiger charge is 2.18. The van der Waals surface area contributed by atoms with Crippen LogP contribution in [0.5, 0.6) is 5.88 Å². The fourth-order valence-corrected chi connectivity index (χ4v) is 2.05. The van der Waals surface area contributed by atoms with Crippen LogP contribution in [0.2, 0.25) is 0 Å². The summed E-state index contributed by atoms with van der Waals surface area (Å²) in [6.07, 6.45) is 2.54. The van der Waals surface area contributed by atoms with Crippen molar-refractivity contribution in [2.45, 2.75) is 59.1 Å². The van der Waals surface area contributed by atoms with Gasteiger partial charge in [-0.25, -0.2) is 0 Å². The molecule has 0 unspecified atom stereocenters. The Morgan fingerprint density at radius 1 is 1.10 bits per heavy atom. The Balaban J connectivity index is 2.85. The Kier molecular flexibility index (Phi) is 6.36. The maximum absolute atomic E-state index is 5.86. The number of rotatable bonds is 8. The van der Waals surface area contributed by atoms with Gasteiger partial charge in [0, 0.05) is 25.6 Å². The van der Waals surface area contributed by atoms with Crippen LogP contribution in [0.15, 0.2) is 0 Å². The van der Waals surface area contributed by atoms with E-state index in [4.69, 9.17) is 15.2 Å². The van der Waals surface area contributed by atoms with Crippen molar-refractivity contribution in [2.24, 2.45) is 5.73 Å². The summed E-state index contributed by atoms with van der Waals surface area (Å²) in [6, 6.07) is 0. The van der Waals surface area contributed by atoms with Crippen molar-refractivity contribution < 1.29 is 9.47 Å². The largest absolute Gasteiger partial charge is 0.476 e.